The van der Waals surface area contributed by atoms with Crippen LogP contribution in [0.3, 0.4) is 0 Å². The minimum absolute atomic E-state index is 0. The summed E-state index contributed by atoms with van der Waals surface area (Å²) in [4.78, 5) is 50.7. The average molecular weight is 1870 g/mol. The summed E-state index contributed by atoms with van der Waals surface area (Å²) in [7, 11) is -10.0. The van der Waals surface area contributed by atoms with Crippen molar-refractivity contribution in [3.8, 4) is 0 Å². The van der Waals surface area contributed by atoms with Gasteiger partial charge in [-0.15, -0.1) is 0 Å². The molecule has 0 amide bonds. The van der Waals surface area contributed by atoms with Crippen LogP contribution in [-0.4, -0.2) is 114 Å². The van der Waals surface area contributed by atoms with Gasteiger partial charge in [0.2, 0.25) is 0 Å². The normalized spacial score (nSPS) is 11.8. The predicted octanol–water partition coefficient (Wildman–Crippen LogP) is 34.9. The second-order valence-corrected chi connectivity index (χ2v) is 39.7. The molecule has 129 heavy (non-hydrogen) atoms. The number of hydrogen-bond acceptors (Lipinski definition) is 14. The number of esters is 4. The van der Waals surface area contributed by atoms with E-state index in [4.69, 9.17) is 18.9 Å². The molecule has 14 nitrogen and oxygen atoms in total. The number of ether oxygens (including phenoxy) is 4. The fourth-order valence-electron chi connectivity index (χ4n) is 16.8. The second-order valence-electron chi connectivity index (χ2n) is 37.0. The summed E-state index contributed by atoms with van der Waals surface area (Å²) in [5.74, 6) is -3.61. The van der Waals surface area contributed by atoms with Crippen LogP contribution in [-0.2, 0) is 39.2 Å². The molecule has 740 valence electrons. The molecule has 2 aromatic rings. The van der Waals surface area contributed by atoms with Crippen molar-refractivity contribution < 1.29 is 64.1 Å². The summed E-state index contributed by atoms with van der Waals surface area (Å²) in [6, 6.07) is 7.30. The predicted molar refractivity (Wildman–Crippen MR) is 544 cm³/mol. The molecule has 0 saturated heterocycles. The molecule has 0 spiro atoms. The Morgan fingerprint density at radius 1 is 0.217 bits per heavy atom. The number of carbonyl (C=O) groups excluding carboxylic acids is 4. The van der Waals surface area contributed by atoms with Crippen LogP contribution >= 0.6 is 0 Å². The Bertz CT molecular complexity index is 3020. The van der Waals surface area contributed by atoms with Gasteiger partial charge in [-0.3, -0.25) is 0 Å². The minimum atomic E-state index is -5.02. The molecule has 0 heterocycles. The Balaban J connectivity index is 0.00000252. The molecule has 2 aromatic carbocycles. The number of benzene rings is 2. The third-order valence-corrected chi connectivity index (χ3v) is 26.8. The van der Waals surface area contributed by atoms with Gasteiger partial charge in [-0.1, -0.05) is 474 Å². The number of hydrogen-bond donors (Lipinski definition) is 0. The van der Waals surface area contributed by atoms with E-state index in [9.17, 15) is 45.1 Å². The van der Waals surface area contributed by atoms with E-state index in [0.717, 1.165) is 89.2 Å². The van der Waals surface area contributed by atoms with Crippen molar-refractivity contribution in [2.45, 2.75) is 551 Å². The van der Waals surface area contributed by atoms with E-state index in [1.807, 2.05) is 0 Å². The van der Waals surface area contributed by atoms with Gasteiger partial charge in [0.05, 0.1) is 58.5 Å². The van der Waals surface area contributed by atoms with Gasteiger partial charge in [-0.25, -0.2) is 36.0 Å². The molecular weight excluding hydrogens is 1670 g/mol. The van der Waals surface area contributed by atoms with Crippen molar-refractivity contribution >= 4 is 81.9 Å². The number of rotatable bonds is 94. The Labute approximate surface area is 824 Å². The maximum Gasteiger partial charge on any atom is 2.00 e. The SMILES string of the molecule is CCCCCCCC/C=C/CCCCCCCCCCCCCCOC(=O)c1cccc(S(=O)(=O)[O-])c1C(=O)OCCCCCCCCCCCCCC/C=C/CCCCCCCC.CCCCCCCC/C=C/CCCCCCCCCCCCCCOC(=O)c1cccc(S(=O)(=O)[O-])c1C(=O)OCCCCCCCCCCCCCC/C=C/CCCCCCCC.[Ca+2]. The molecule has 0 bridgehead atoms. The van der Waals surface area contributed by atoms with Crippen LogP contribution in [0.15, 0.2) is 94.8 Å². The van der Waals surface area contributed by atoms with Crippen molar-refractivity contribution in [3.63, 3.8) is 0 Å². The van der Waals surface area contributed by atoms with Gasteiger partial charge in [0.15, 0.2) is 0 Å². The number of unbranched alkanes of at least 4 members (excludes halogenated alkanes) is 72. The monoisotopic (exact) mass is 1870 g/mol. The van der Waals surface area contributed by atoms with Gasteiger partial charge in [0.1, 0.15) is 20.2 Å². The first-order valence-corrected chi connectivity index (χ1v) is 56.9. The van der Waals surface area contributed by atoms with E-state index in [0.29, 0.717) is 25.7 Å². The summed E-state index contributed by atoms with van der Waals surface area (Å²) >= 11 is 0. The van der Waals surface area contributed by atoms with E-state index >= 15 is 0 Å². The Hall–Kier alpha value is -3.64. The Kier molecular flexibility index (Phi) is 93.3. The molecule has 0 aliphatic heterocycles. The van der Waals surface area contributed by atoms with Crippen molar-refractivity contribution in [1.29, 1.82) is 0 Å². The van der Waals surface area contributed by atoms with Crippen molar-refractivity contribution in [1.82, 2.24) is 0 Å². The van der Waals surface area contributed by atoms with Crippen LogP contribution < -0.4 is 0 Å². The van der Waals surface area contributed by atoms with Gasteiger partial charge in [0.25, 0.3) is 0 Å². The molecule has 0 fully saturated rings. The van der Waals surface area contributed by atoms with E-state index in [1.54, 1.807) is 0 Å². The molecule has 0 aliphatic rings. The van der Waals surface area contributed by atoms with E-state index in [-0.39, 0.29) is 75.3 Å². The molecule has 0 aromatic heterocycles. The smallest absolute Gasteiger partial charge is 0.744 e. The molecule has 0 unspecified atom stereocenters. The summed E-state index contributed by atoms with van der Waals surface area (Å²) in [5.41, 5.74) is -1.54. The standard InChI is InChI=1S/2C56H98O7S.Ca/c2*1-3-5-7-9-11-13-15-17-19-21-23-25-27-29-31-33-35-37-39-41-43-45-50-62-55(57)52-48-47-49-53(64(59,60)61)54(52)56(58)63-51-46-44-42-40-38-36-34-32-30-28-26-24-22-20-18-16-14-12-10-8-6-4-2;/h2*17-20,47-49H,3-16,21-46,50-51H2,1-2H3,(H,59,60,61);/q;;+2/p-2/b2*19-17+,20-18+;. The first-order chi connectivity index (χ1) is 62.6. The van der Waals surface area contributed by atoms with Crippen LogP contribution in [0.4, 0.5) is 0 Å². The van der Waals surface area contributed by atoms with Gasteiger partial charge < -0.3 is 28.1 Å². The molecule has 0 saturated carbocycles. The number of carbonyl (C=O) groups is 4. The summed E-state index contributed by atoms with van der Waals surface area (Å²) in [6.45, 7) is 9.58. The Morgan fingerprint density at radius 3 is 0.512 bits per heavy atom. The minimum Gasteiger partial charge on any atom is -0.744 e. The zero-order valence-corrected chi connectivity index (χ0v) is 87.6. The summed E-state index contributed by atoms with van der Waals surface area (Å²) in [6.07, 6.45) is 118. The first kappa shape index (κ1) is 125. The average Bonchev–Trinajstić information content (AvgIpc) is 0.794. The quantitative estimate of drug-likeness (QED) is 0.0150. The molecule has 0 aliphatic carbocycles. The summed E-state index contributed by atoms with van der Waals surface area (Å²) in [5, 5.41) is 0. The van der Waals surface area contributed by atoms with Gasteiger partial charge in [-0.05, 0) is 153 Å². The molecule has 0 atom stereocenters. The largest absolute Gasteiger partial charge is 2.00 e. The second kappa shape index (κ2) is 96.1. The van der Waals surface area contributed by atoms with Gasteiger partial charge >= 0.3 is 61.6 Å². The fraction of sp³-hybridized carbons (Fsp3) is 0.786. The zero-order valence-electron chi connectivity index (χ0n) is 83.7. The van der Waals surface area contributed by atoms with Gasteiger partial charge in [-0.2, -0.15) is 0 Å². The van der Waals surface area contributed by atoms with Crippen LogP contribution in [0.2, 0.25) is 0 Å². The third kappa shape index (κ3) is 80.2. The topological polar surface area (TPSA) is 220 Å². The molecule has 0 N–H and O–H groups in total. The zero-order chi connectivity index (χ0) is 92.9. The first-order valence-electron chi connectivity index (χ1n) is 54.1. The van der Waals surface area contributed by atoms with Crippen molar-refractivity contribution in [2.75, 3.05) is 26.4 Å². The van der Waals surface area contributed by atoms with E-state index in [1.165, 1.54) is 435 Å². The van der Waals surface area contributed by atoms with Crippen molar-refractivity contribution in [2.24, 2.45) is 0 Å². The van der Waals surface area contributed by atoms with Crippen LogP contribution in [0.1, 0.15) is 583 Å². The third-order valence-electron chi connectivity index (χ3n) is 25.0. The molecule has 0 radical (unpaired) electrons. The van der Waals surface area contributed by atoms with Crippen LogP contribution in [0, 0.1) is 0 Å². The summed E-state index contributed by atoms with van der Waals surface area (Å²) < 4.78 is 94.0. The molecule has 17 heteroatoms. The molecular formula is C112H194CaO14S2. The van der Waals surface area contributed by atoms with E-state index < -0.39 is 65.0 Å². The maximum atomic E-state index is 13.1. The van der Waals surface area contributed by atoms with E-state index in [2.05, 4.69) is 76.3 Å². The number of allylic oxidation sites excluding steroid dienone is 8. The fourth-order valence-corrected chi connectivity index (χ4v) is 18.2. The Morgan fingerprint density at radius 2 is 0.357 bits per heavy atom. The van der Waals surface area contributed by atoms with Gasteiger partial charge in [0, 0.05) is 0 Å². The van der Waals surface area contributed by atoms with Crippen molar-refractivity contribution in [3.05, 3.63) is 107 Å². The maximum absolute atomic E-state index is 13.1. The van der Waals surface area contributed by atoms with Crippen LogP contribution in [0.25, 0.3) is 0 Å². The van der Waals surface area contributed by atoms with Crippen LogP contribution in [0.5, 0.6) is 0 Å². The molecule has 2 rings (SSSR count).